The molecule has 2 fully saturated rings. The van der Waals surface area contributed by atoms with Gasteiger partial charge in [-0.3, -0.25) is 14.9 Å². The van der Waals surface area contributed by atoms with Crippen molar-refractivity contribution >= 4 is 23.0 Å². The van der Waals surface area contributed by atoms with Crippen molar-refractivity contribution in [3.8, 4) is 0 Å². The average molecular weight is 551 g/mol. The minimum Gasteiger partial charge on any atom is -0.382 e. The zero-order valence-corrected chi connectivity index (χ0v) is 22.1. The van der Waals surface area contributed by atoms with E-state index in [0.717, 1.165) is 56.6 Å². The lowest BCUT2D eigenvalue weighted by molar-refractivity contribution is -0.388. The molecule has 0 aromatic heterocycles. The summed E-state index contributed by atoms with van der Waals surface area (Å²) in [7, 11) is 1.83. The number of carbonyl (C=O) groups excluding carboxylic acids is 1. The Morgan fingerprint density at radius 3 is 2.28 bits per heavy atom. The molecule has 7 nitrogen and oxygen atoms in total. The van der Waals surface area contributed by atoms with Crippen molar-refractivity contribution in [1.82, 2.24) is 4.90 Å². The van der Waals surface area contributed by atoms with Crippen molar-refractivity contribution < 1.29 is 27.3 Å². The third-order valence-electron chi connectivity index (χ3n) is 8.17. The van der Waals surface area contributed by atoms with Gasteiger partial charge >= 0.3 is 6.18 Å². The van der Waals surface area contributed by atoms with E-state index in [1.54, 1.807) is 12.1 Å². The van der Waals surface area contributed by atoms with E-state index in [9.17, 15) is 32.5 Å². The zero-order valence-electron chi connectivity index (χ0n) is 22.1. The van der Waals surface area contributed by atoms with Crippen LogP contribution in [0.15, 0.2) is 42.5 Å². The second-order valence-electron chi connectivity index (χ2n) is 11.1. The number of nitro benzene ring substituents is 1. The lowest BCUT2D eigenvalue weighted by Crippen LogP contribution is -2.49. The number of hydrogen-bond acceptors (Lipinski definition) is 5. The van der Waals surface area contributed by atoms with Gasteiger partial charge in [0.1, 0.15) is 11.4 Å². The van der Waals surface area contributed by atoms with Crippen LogP contribution in [0.25, 0.3) is 0 Å². The van der Waals surface area contributed by atoms with Crippen LogP contribution >= 0.6 is 0 Å². The van der Waals surface area contributed by atoms with Crippen molar-refractivity contribution in [2.24, 2.45) is 11.3 Å². The lowest BCUT2D eigenvalue weighted by Gasteiger charge is -2.42. The third-order valence-corrected chi connectivity index (χ3v) is 8.17. The summed E-state index contributed by atoms with van der Waals surface area (Å²) in [6.45, 7) is 4.07. The smallest absolute Gasteiger partial charge is 0.382 e. The van der Waals surface area contributed by atoms with Gasteiger partial charge in [0.25, 0.3) is 5.69 Å². The molecule has 0 atom stereocenters. The first kappa shape index (κ1) is 28.6. The standard InChI is InChI=1S/C28H34F4N4O3/c1-27(13-15-35(16-14-27)23-10-5-20(29)6-11-23)26(37)34(2)18-19-3-7-21(8-4-19)33-22-9-12-25(36(38)39)24(17-22)28(30,31)32/h5-6,9-12,17,19,21,33H,3-4,7-8,13-16,18H2,1-2H3. The Bertz CT molecular complexity index is 1170. The molecule has 0 radical (unpaired) electrons. The van der Waals surface area contributed by atoms with E-state index in [1.165, 1.54) is 18.2 Å². The van der Waals surface area contributed by atoms with Crippen LogP contribution in [0.2, 0.25) is 0 Å². The highest BCUT2D eigenvalue weighted by molar-refractivity contribution is 5.82. The SMILES string of the molecule is CN(CC1CCC(Nc2ccc([N+](=O)[O-])c(C(F)(F)F)c2)CC1)C(=O)C1(C)CCN(c2ccc(F)cc2)CC1. The van der Waals surface area contributed by atoms with Gasteiger partial charge in [-0.2, -0.15) is 13.2 Å². The molecular formula is C28H34F4N4O3. The van der Waals surface area contributed by atoms with Crippen LogP contribution in [0, 0.1) is 27.3 Å². The Hall–Kier alpha value is -3.37. The molecule has 39 heavy (non-hydrogen) atoms. The van der Waals surface area contributed by atoms with Gasteiger partial charge in [-0.15, -0.1) is 0 Å². The van der Waals surface area contributed by atoms with Gasteiger partial charge < -0.3 is 15.1 Å². The van der Waals surface area contributed by atoms with Gasteiger partial charge in [0.15, 0.2) is 0 Å². The highest BCUT2D eigenvalue weighted by Crippen LogP contribution is 2.39. The van der Waals surface area contributed by atoms with Crippen molar-refractivity contribution in [1.29, 1.82) is 0 Å². The van der Waals surface area contributed by atoms with Crippen molar-refractivity contribution in [3.63, 3.8) is 0 Å². The molecule has 1 aliphatic carbocycles. The van der Waals surface area contributed by atoms with Crippen LogP contribution in [0.1, 0.15) is 51.0 Å². The molecule has 1 saturated heterocycles. The second-order valence-corrected chi connectivity index (χ2v) is 11.1. The first-order valence-electron chi connectivity index (χ1n) is 13.2. The second kappa shape index (κ2) is 11.4. The summed E-state index contributed by atoms with van der Waals surface area (Å²) in [5.74, 6) is 0.138. The molecule has 2 aliphatic rings. The van der Waals surface area contributed by atoms with Crippen LogP contribution in [0.3, 0.4) is 0 Å². The van der Waals surface area contributed by atoms with Gasteiger partial charge in [0.05, 0.1) is 4.92 Å². The molecule has 1 aliphatic heterocycles. The monoisotopic (exact) mass is 550 g/mol. The summed E-state index contributed by atoms with van der Waals surface area (Å²) in [5, 5.41) is 14.1. The van der Waals surface area contributed by atoms with Gasteiger partial charge in [0.2, 0.25) is 5.91 Å². The van der Waals surface area contributed by atoms with Crippen LogP contribution < -0.4 is 10.2 Å². The number of carbonyl (C=O) groups is 1. The fourth-order valence-corrected chi connectivity index (χ4v) is 5.79. The van der Waals surface area contributed by atoms with Crippen molar-refractivity contribution in [3.05, 3.63) is 64.0 Å². The Kier molecular flexibility index (Phi) is 8.37. The number of nitrogens with one attached hydrogen (secondary N) is 1. The maximum absolute atomic E-state index is 13.4. The number of halogens is 4. The summed E-state index contributed by atoms with van der Waals surface area (Å²) in [5.41, 5.74) is -1.52. The van der Waals surface area contributed by atoms with Gasteiger partial charge in [-0.05, 0) is 80.8 Å². The van der Waals surface area contributed by atoms with E-state index in [4.69, 9.17) is 0 Å². The molecule has 1 amide bonds. The minimum absolute atomic E-state index is 0.0434. The molecule has 0 spiro atoms. The molecule has 4 rings (SSSR count). The number of hydrogen-bond donors (Lipinski definition) is 1. The third kappa shape index (κ3) is 6.80. The number of rotatable bonds is 7. The molecule has 1 N–H and O–H groups in total. The van der Waals surface area contributed by atoms with Gasteiger partial charge in [-0.1, -0.05) is 6.92 Å². The molecule has 212 valence electrons. The average Bonchev–Trinajstić information content (AvgIpc) is 2.89. The fourth-order valence-electron chi connectivity index (χ4n) is 5.79. The molecule has 2 aromatic rings. The predicted molar refractivity (Wildman–Crippen MR) is 141 cm³/mol. The van der Waals surface area contributed by atoms with Gasteiger partial charge in [0, 0.05) is 55.6 Å². The van der Waals surface area contributed by atoms with E-state index in [-0.39, 0.29) is 23.5 Å². The van der Waals surface area contributed by atoms with E-state index < -0.39 is 27.8 Å². The molecule has 11 heteroatoms. The Morgan fingerprint density at radius 2 is 1.72 bits per heavy atom. The first-order valence-corrected chi connectivity index (χ1v) is 13.2. The number of alkyl halides is 3. The zero-order chi connectivity index (χ0) is 28.4. The van der Waals surface area contributed by atoms with Crippen molar-refractivity contribution in [2.75, 3.05) is 36.9 Å². The summed E-state index contributed by atoms with van der Waals surface area (Å²) < 4.78 is 53.1. The predicted octanol–water partition coefficient (Wildman–Crippen LogP) is 6.49. The maximum Gasteiger partial charge on any atom is 0.423 e. The van der Waals surface area contributed by atoms with Crippen LogP contribution in [-0.4, -0.2) is 48.5 Å². The van der Waals surface area contributed by atoms with Crippen molar-refractivity contribution in [2.45, 2.75) is 57.7 Å². The molecule has 1 saturated carbocycles. The van der Waals surface area contributed by atoms with E-state index in [1.807, 2.05) is 18.9 Å². The Labute approximate surface area is 225 Å². The number of amides is 1. The number of benzene rings is 2. The summed E-state index contributed by atoms with van der Waals surface area (Å²) in [6, 6.07) is 9.37. The Balaban J connectivity index is 1.26. The lowest BCUT2D eigenvalue weighted by atomic mass is 9.78. The van der Waals surface area contributed by atoms with Crippen LogP contribution in [-0.2, 0) is 11.0 Å². The van der Waals surface area contributed by atoms with Crippen LogP contribution in [0.5, 0.6) is 0 Å². The van der Waals surface area contributed by atoms with Crippen LogP contribution in [0.4, 0.5) is 34.6 Å². The quantitative estimate of drug-likeness (QED) is 0.242. The summed E-state index contributed by atoms with van der Waals surface area (Å²) >= 11 is 0. The highest BCUT2D eigenvalue weighted by Gasteiger charge is 2.40. The normalized spacial score (nSPS) is 21.3. The van der Waals surface area contributed by atoms with E-state index in [0.29, 0.717) is 25.3 Å². The molecule has 1 heterocycles. The highest BCUT2D eigenvalue weighted by atomic mass is 19.4. The van der Waals surface area contributed by atoms with Gasteiger partial charge in [-0.25, -0.2) is 4.39 Å². The molecule has 2 aromatic carbocycles. The summed E-state index contributed by atoms with van der Waals surface area (Å²) in [6.07, 6.45) is -0.293. The molecule has 0 unspecified atom stereocenters. The van der Waals surface area contributed by atoms with E-state index >= 15 is 0 Å². The molecular weight excluding hydrogens is 516 g/mol. The molecule has 0 bridgehead atoms. The number of nitro groups is 1. The Morgan fingerprint density at radius 1 is 1.10 bits per heavy atom. The topological polar surface area (TPSA) is 78.7 Å². The van der Waals surface area contributed by atoms with E-state index in [2.05, 4.69) is 10.2 Å². The number of nitrogens with zero attached hydrogens (tertiary/aromatic N) is 3. The fraction of sp³-hybridized carbons (Fsp3) is 0.536. The summed E-state index contributed by atoms with van der Waals surface area (Å²) in [4.78, 5) is 27.3. The first-order chi connectivity index (χ1) is 18.4. The largest absolute Gasteiger partial charge is 0.423 e. The number of piperidine rings is 1. The minimum atomic E-state index is -4.82. The maximum atomic E-state index is 13.4. The number of anilines is 2.